The summed E-state index contributed by atoms with van der Waals surface area (Å²) >= 11 is 12.6. The van der Waals surface area contributed by atoms with Crippen molar-refractivity contribution in [3.63, 3.8) is 0 Å². The molecule has 0 fully saturated rings. The molecule has 9 heteroatoms. The van der Waals surface area contributed by atoms with Gasteiger partial charge in [-0.3, -0.25) is 4.79 Å². The van der Waals surface area contributed by atoms with E-state index in [4.69, 9.17) is 21.1 Å². The molecule has 1 N–H and O–H groups in total. The average molecular weight is 593 g/mol. The molecule has 0 saturated heterocycles. The molecule has 3 rings (SSSR count). The molecule has 3 aromatic carbocycles. The van der Waals surface area contributed by atoms with Crippen molar-refractivity contribution >= 4 is 61.6 Å². The summed E-state index contributed by atoms with van der Waals surface area (Å²) < 4.78 is 12.5. The first kappa shape index (κ1) is 24.7. The van der Waals surface area contributed by atoms with Crippen molar-refractivity contribution < 1.29 is 19.1 Å². The van der Waals surface area contributed by atoms with Crippen LogP contribution in [0.4, 0.5) is 0 Å². The Balaban J connectivity index is 1.76. The number of hydrogen-bond donors (Lipinski definition) is 1. The highest BCUT2D eigenvalue weighted by atomic mass is 79.9. The zero-order valence-corrected chi connectivity index (χ0v) is 21.0. The Morgan fingerprint density at radius 1 is 1.00 bits per heavy atom. The van der Waals surface area contributed by atoms with E-state index in [1.54, 1.807) is 66.7 Å². The van der Waals surface area contributed by atoms with Gasteiger partial charge in [0.2, 0.25) is 0 Å². The molecule has 0 atom stereocenters. The molecule has 0 aliphatic rings. The monoisotopic (exact) mass is 590 g/mol. The van der Waals surface area contributed by atoms with Gasteiger partial charge in [0.1, 0.15) is 18.1 Å². The van der Waals surface area contributed by atoms with Crippen LogP contribution in [0.1, 0.15) is 26.3 Å². The number of nitrogens with zero attached hydrogens (tertiary/aromatic N) is 1. The van der Waals surface area contributed by atoms with Crippen LogP contribution in [0.5, 0.6) is 11.5 Å². The zero-order chi connectivity index (χ0) is 23.8. The zero-order valence-electron chi connectivity index (χ0n) is 17.1. The SMILES string of the molecule is C=CCOc1ccc(Br)cc1C(=O)N/N=C/c1cc(Br)ccc1OC(=O)c1ccc(Cl)cc1. The Hall–Kier alpha value is -2.94. The van der Waals surface area contributed by atoms with Crippen molar-refractivity contribution in [1.29, 1.82) is 0 Å². The fourth-order valence-corrected chi connectivity index (χ4v) is 3.50. The van der Waals surface area contributed by atoms with E-state index < -0.39 is 11.9 Å². The van der Waals surface area contributed by atoms with Gasteiger partial charge in [-0.1, -0.05) is 56.1 Å². The van der Waals surface area contributed by atoms with E-state index in [0.717, 1.165) is 4.47 Å². The summed E-state index contributed by atoms with van der Waals surface area (Å²) in [6.07, 6.45) is 2.97. The lowest BCUT2D eigenvalue weighted by Gasteiger charge is -2.10. The highest BCUT2D eigenvalue weighted by Crippen LogP contribution is 2.25. The second-order valence-electron chi connectivity index (χ2n) is 6.52. The summed E-state index contributed by atoms with van der Waals surface area (Å²) in [4.78, 5) is 25.1. The van der Waals surface area contributed by atoms with Crippen molar-refractivity contribution in [2.45, 2.75) is 0 Å². The minimum absolute atomic E-state index is 0.256. The highest BCUT2D eigenvalue weighted by molar-refractivity contribution is 9.10. The smallest absolute Gasteiger partial charge is 0.343 e. The molecule has 3 aromatic rings. The van der Waals surface area contributed by atoms with E-state index in [-0.39, 0.29) is 12.4 Å². The van der Waals surface area contributed by atoms with Crippen LogP contribution < -0.4 is 14.9 Å². The Bertz CT molecular complexity index is 1210. The Morgan fingerprint density at radius 2 is 1.67 bits per heavy atom. The molecule has 0 radical (unpaired) electrons. The molecular weight excluding hydrogens is 576 g/mol. The fraction of sp³-hybridized carbons (Fsp3) is 0.0417. The van der Waals surface area contributed by atoms with Crippen molar-refractivity contribution in [3.05, 3.63) is 104 Å². The van der Waals surface area contributed by atoms with Crippen LogP contribution in [0.15, 0.2) is 87.4 Å². The van der Waals surface area contributed by atoms with Gasteiger partial charge in [0.25, 0.3) is 5.91 Å². The molecule has 0 bridgehead atoms. The number of benzene rings is 3. The number of hydrogen-bond acceptors (Lipinski definition) is 5. The maximum atomic E-state index is 12.7. The molecule has 0 unspecified atom stereocenters. The van der Waals surface area contributed by atoms with Gasteiger partial charge in [-0.05, 0) is 60.7 Å². The summed E-state index contributed by atoms with van der Waals surface area (Å²) in [5.74, 6) is -0.355. The summed E-state index contributed by atoms with van der Waals surface area (Å²) in [7, 11) is 0. The number of hydrazone groups is 1. The quantitative estimate of drug-likeness (QED) is 0.108. The van der Waals surface area contributed by atoms with E-state index in [2.05, 4.69) is 49.0 Å². The number of nitrogens with one attached hydrogen (secondary N) is 1. The standard InChI is InChI=1S/C24H17Br2ClN2O4/c1-2-11-32-22-10-6-18(26)13-20(22)23(30)29-28-14-16-12-17(25)5-9-21(16)33-24(31)15-3-7-19(27)8-4-15/h2-10,12-14H,1,11H2,(H,29,30)/b28-14+. The number of amides is 1. The van der Waals surface area contributed by atoms with Crippen molar-refractivity contribution in [1.82, 2.24) is 5.43 Å². The molecule has 168 valence electrons. The molecule has 0 aromatic heterocycles. The maximum Gasteiger partial charge on any atom is 0.343 e. The van der Waals surface area contributed by atoms with Crippen molar-refractivity contribution in [3.8, 4) is 11.5 Å². The van der Waals surface area contributed by atoms with Crippen LogP contribution in [-0.4, -0.2) is 24.7 Å². The fourth-order valence-electron chi connectivity index (χ4n) is 2.63. The molecule has 6 nitrogen and oxygen atoms in total. The van der Waals surface area contributed by atoms with Crippen LogP contribution in [0.2, 0.25) is 5.02 Å². The van der Waals surface area contributed by atoms with Gasteiger partial charge in [0.05, 0.1) is 17.3 Å². The average Bonchev–Trinajstić information content (AvgIpc) is 2.80. The molecular formula is C24H17Br2ClN2O4. The summed E-state index contributed by atoms with van der Waals surface area (Å²) in [6, 6.07) is 16.5. The number of halogens is 3. The van der Waals surface area contributed by atoms with Gasteiger partial charge in [0.15, 0.2) is 0 Å². The van der Waals surface area contributed by atoms with Gasteiger partial charge in [-0.15, -0.1) is 0 Å². The van der Waals surface area contributed by atoms with E-state index in [1.165, 1.54) is 6.21 Å². The van der Waals surface area contributed by atoms with E-state index >= 15 is 0 Å². The predicted octanol–water partition coefficient (Wildman–Crippen LogP) is 6.41. The highest BCUT2D eigenvalue weighted by Gasteiger charge is 2.14. The van der Waals surface area contributed by atoms with Crippen LogP contribution in [0.3, 0.4) is 0 Å². The van der Waals surface area contributed by atoms with Crippen LogP contribution >= 0.6 is 43.5 Å². The third-order valence-electron chi connectivity index (χ3n) is 4.17. The van der Waals surface area contributed by atoms with E-state index in [0.29, 0.717) is 31.9 Å². The van der Waals surface area contributed by atoms with E-state index in [1.807, 2.05) is 0 Å². The number of carbonyl (C=O) groups excluding carboxylic acids is 2. The molecule has 0 spiro atoms. The summed E-state index contributed by atoms with van der Waals surface area (Å²) in [5, 5.41) is 4.53. The minimum Gasteiger partial charge on any atom is -0.489 e. The first-order chi connectivity index (χ1) is 15.9. The Labute approximate surface area is 212 Å². The molecule has 1 amide bonds. The lowest BCUT2D eigenvalue weighted by atomic mass is 10.2. The first-order valence-corrected chi connectivity index (χ1v) is 11.5. The van der Waals surface area contributed by atoms with E-state index in [9.17, 15) is 9.59 Å². The normalized spacial score (nSPS) is 10.6. The molecule has 33 heavy (non-hydrogen) atoms. The first-order valence-electron chi connectivity index (χ1n) is 9.51. The Morgan fingerprint density at radius 3 is 2.36 bits per heavy atom. The number of ether oxygens (including phenoxy) is 2. The van der Waals surface area contributed by atoms with Gasteiger partial charge < -0.3 is 9.47 Å². The third-order valence-corrected chi connectivity index (χ3v) is 5.41. The maximum absolute atomic E-state index is 12.7. The van der Waals surface area contributed by atoms with Gasteiger partial charge in [-0.25, -0.2) is 10.2 Å². The number of esters is 1. The second-order valence-corrected chi connectivity index (χ2v) is 8.79. The third kappa shape index (κ3) is 7.02. The second kappa shape index (κ2) is 11.8. The molecule has 0 heterocycles. The topological polar surface area (TPSA) is 77.0 Å². The van der Waals surface area contributed by atoms with Gasteiger partial charge in [-0.2, -0.15) is 5.10 Å². The van der Waals surface area contributed by atoms with Crippen molar-refractivity contribution in [2.24, 2.45) is 5.10 Å². The minimum atomic E-state index is -0.550. The van der Waals surface area contributed by atoms with Crippen LogP contribution in [0, 0.1) is 0 Å². The molecule has 0 aliphatic heterocycles. The molecule has 0 aliphatic carbocycles. The van der Waals surface area contributed by atoms with Gasteiger partial charge >= 0.3 is 5.97 Å². The van der Waals surface area contributed by atoms with Gasteiger partial charge in [0, 0.05) is 19.5 Å². The van der Waals surface area contributed by atoms with Crippen molar-refractivity contribution in [2.75, 3.05) is 6.61 Å². The number of rotatable bonds is 8. The Kier molecular flexibility index (Phi) is 8.82. The largest absolute Gasteiger partial charge is 0.489 e. The lowest BCUT2D eigenvalue weighted by Crippen LogP contribution is -2.19. The van der Waals surface area contributed by atoms with Crippen LogP contribution in [0.25, 0.3) is 0 Å². The van der Waals surface area contributed by atoms with Crippen LogP contribution in [-0.2, 0) is 0 Å². The summed E-state index contributed by atoms with van der Waals surface area (Å²) in [5.41, 5.74) is 3.58. The predicted molar refractivity (Wildman–Crippen MR) is 135 cm³/mol. The number of carbonyl (C=O) groups is 2. The molecule has 0 saturated carbocycles. The lowest BCUT2D eigenvalue weighted by molar-refractivity contribution is 0.0734. The summed E-state index contributed by atoms with van der Waals surface area (Å²) in [6.45, 7) is 3.86.